The SMILES string of the molecule is COc1nc(CC(C)C)c(OCc2ccccc2)nc1Cc1c(CC(C)C)[nH]c2ccccc12. The minimum atomic E-state index is 0.426. The first-order valence-electron chi connectivity index (χ1n) is 12.1. The molecule has 0 spiro atoms. The van der Waals surface area contributed by atoms with Crippen LogP contribution in [0.1, 0.15) is 55.9 Å². The topological polar surface area (TPSA) is 60.0 Å². The minimum Gasteiger partial charge on any atom is -0.480 e. The van der Waals surface area contributed by atoms with E-state index >= 15 is 0 Å². The van der Waals surface area contributed by atoms with Gasteiger partial charge in [-0.15, -0.1) is 0 Å². The van der Waals surface area contributed by atoms with Gasteiger partial charge in [-0.05, 0) is 41.9 Å². The van der Waals surface area contributed by atoms with E-state index in [2.05, 4.69) is 69.1 Å². The average molecular weight is 458 g/mol. The van der Waals surface area contributed by atoms with Gasteiger partial charge in [0.1, 0.15) is 18.0 Å². The molecule has 4 rings (SSSR count). The number of rotatable bonds is 10. The number of fused-ring (bicyclic) bond motifs is 1. The Bertz CT molecular complexity index is 1230. The summed E-state index contributed by atoms with van der Waals surface area (Å²) >= 11 is 0. The van der Waals surface area contributed by atoms with Gasteiger partial charge in [0.25, 0.3) is 0 Å². The van der Waals surface area contributed by atoms with Crippen molar-refractivity contribution in [1.82, 2.24) is 15.0 Å². The summed E-state index contributed by atoms with van der Waals surface area (Å²) in [4.78, 5) is 13.5. The van der Waals surface area contributed by atoms with Crippen LogP contribution < -0.4 is 9.47 Å². The summed E-state index contributed by atoms with van der Waals surface area (Å²) in [5.41, 5.74) is 6.39. The molecule has 2 aromatic heterocycles. The molecule has 0 atom stereocenters. The second-order valence-corrected chi connectivity index (χ2v) is 9.71. The van der Waals surface area contributed by atoms with Gasteiger partial charge in [0, 0.05) is 23.0 Å². The highest BCUT2D eigenvalue weighted by atomic mass is 16.5. The maximum Gasteiger partial charge on any atom is 0.236 e. The second kappa shape index (κ2) is 10.7. The monoisotopic (exact) mass is 457 g/mol. The third kappa shape index (κ3) is 5.58. The average Bonchev–Trinajstić information content (AvgIpc) is 3.15. The van der Waals surface area contributed by atoms with E-state index < -0.39 is 0 Å². The van der Waals surface area contributed by atoms with E-state index in [1.807, 2.05) is 18.2 Å². The zero-order valence-corrected chi connectivity index (χ0v) is 20.9. The molecule has 0 saturated carbocycles. The van der Waals surface area contributed by atoms with Crippen molar-refractivity contribution in [2.45, 2.75) is 53.6 Å². The minimum absolute atomic E-state index is 0.426. The fraction of sp³-hybridized carbons (Fsp3) is 0.379. The number of H-pyrrole nitrogens is 1. The number of hydrogen-bond acceptors (Lipinski definition) is 4. The first-order valence-corrected chi connectivity index (χ1v) is 12.1. The zero-order chi connectivity index (χ0) is 24.1. The van der Waals surface area contributed by atoms with Gasteiger partial charge < -0.3 is 14.5 Å². The maximum atomic E-state index is 6.23. The summed E-state index contributed by atoms with van der Waals surface area (Å²) in [6, 6.07) is 18.6. The van der Waals surface area contributed by atoms with Crippen molar-refractivity contribution >= 4 is 10.9 Å². The van der Waals surface area contributed by atoms with Crippen molar-refractivity contribution < 1.29 is 9.47 Å². The lowest BCUT2D eigenvalue weighted by Crippen LogP contribution is -2.10. The van der Waals surface area contributed by atoms with Crippen molar-refractivity contribution in [3.63, 3.8) is 0 Å². The van der Waals surface area contributed by atoms with Crippen molar-refractivity contribution in [2.24, 2.45) is 11.8 Å². The van der Waals surface area contributed by atoms with Crippen LogP contribution in [-0.2, 0) is 25.9 Å². The van der Waals surface area contributed by atoms with Crippen LogP contribution in [-0.4, -0.2) is 22.1 Å². The molecular formula is C29H35N3O2. The molecule has 0 saturated heterocycles. The van der Waals surface area contributed by atoms with E-state index in [9.17, 15) is 0 Å². The smallest absolute Gasteiger partial charge is 0.236 e. The number of aromatic nitrogens is 3. The predicted octanol–water partition coefficient (Wildman–Crippen LogP) is 6.53. The quantitative estimate of drug-likeness (QED) is 0.294. The van der Waals surface area contributed by atoms with Crippen LogP contribution in [0.3, 0.4) is 0 Å². The third-order valence-corrected chi connectivity index (χ3v) is 5.84. The molecule has 0 aliphatic rings. The number of hydrogen-bond donors (Lipinski definition) is 1. The number of ether oxygens (including phenoxy) is 2. The normalized spacial score (nSPS) is 11.5. The first-order chi connectivity index (χ1) is 16.4. The van der Waals surface area contributed by atoms with Crippen LogP contribution in [0.25, 0.3) is 10.9 Å². The Morgan fingerprint density at radius 3 is 2.18 bits per heavy atom. The highest BCUT2D eigenvalue weighted by Gasteiger charge is 2.20. The molecule has 4 aromatic rings. The molecule has 2 aromatic carbocycles. The summed E-state index contributed by atoms with van der Waals surface area (Å²) in [5, 5.41) is 1.22. The van der Waals surface area contributed by atoms with E-state index in [0.717, 1.165) is 35.3 Å². The summed E-state index contributed by atoms with van der Waals surface area (Å²) in [6.07, 6.45) is 2.38. The summed E-state index contributed by atoms with van der Waals surface area (Å²) < 4.78 is 12.0. The fourth-order valence-corrected chi connectivity index (χ4v) is 4.32. The number of aromatic amines is 1. The Kier molecular flexibility index (Phi) is 7.51. The van der Waals surface area contributed by atoms with E-state index in [1.165, 1.54) is 16.6 Å². The van der Waals surface area contributed by atoms with Gasteiger partial charge in [0.05, 0.1) is 7.11 Å². The van der Waals surface area contributed by atoms with Gasteiger partial charge in [-0.3, -0.25) is 0 Å². The molecule has 5 heteroatoms. The van der Waals surface area contributed by atoms with Crippen LogP contribution >= 0.6 is 0 Å². The molecule has 34 heavy (non-hydrogen) atoms. The maximum absolute atomic E-state index is 6.23. The van der Waals surface area contributed by atoms with Crippen LogP contribution in [0.15, 0.2) is 54.6 Å². The Morgan fingerprint density at radius 2 is 1.47 bits per heavy atom. The first kappa shape index (κ1) is 23.8. The van der Waals surface area contributed by atoms with Gasteiger partial charge in [0.2, 0.25) is 11.8 Å². The lowest BCUT2D eigenvalue weighted by atomic mass is 9.99. The molecule has 0 aliphatic heterocycles. The molecule has 0 aliphatic carbocycles. The lowest BCUT2D eigenvalue weighted by Gasteiger charge is -2.16. The lowest BCUT2D eigenvalue weighted by molar-refractivity contribution is 0.282. The van der Waals surface area contributed by atoms with Gasteiger partial charge in [0.15, 0.2) is 0 Å². The van der Waals surface area contributed by atoms with Gasteiger partial charge in [-0.2, -0.15) is 0 Å². The number of methoxy groups -OCH3 is 1. The standard InChI is InChI=1S/C29H35N3O2/c1-19(2)15-25-23(22-13-9-10-14-24(22)30-25)17-27-28(33-5)31-26(16-20(3)4)29(32-27)34-18-21-11-7-6-8-12-21/h6-14,19-20,30H,15-18H2,1-5H3. The molecule has 0 amide bonds. The molecule has 0 radical (unpaired) electrons. The number of nitrogens with zero attached hydrogens (tertiary/aromatic N) is 2. The molecule has 1 N–H and O–H groups in total. The Labute approximate surface area is 202 Å². The molecule has 2 heterocycles. The van der Waals surface area contributed by atoms with Gasteiger partial charge in [-0.25, -0.2) is 9.97 Å². The predicted molar refractivity (Wildman–Crippen MR) is 138 cm³/mol. The highest BCUT2D eigenvalue weighted by Crippen LogP contribution is 2.31. The van der Waals surface area contributed by atoms with Crippen molar-refractivity contribution in [3.8, 4) is 11.8 Å². The molecular weight excluding hydrogens is 422 g/mol. The molecule has 0 fully saturated rings. The van der Waals surface area contributed by atoms with Crippen molar-refractivity contribution in [3.05, 3.63) is 82.8 Å². The number of nitrogens with one attached hydrogen (secondary N) is 1. The second-order valence-electron chi connectivity index (χ2n) is 9.71. The summed E-state index contributed by atoms with van der Waals surface area (Å²) in [5.74, 6) is 2.13. The highest BCUT2D eigenvalue weighted by molar-refractivity contribution is 5.85. The van der Waals surface area contributed by atoms with E-state index in [1.54, 1.807) is 7.11 Å². The van der Waals surface area contributed by atoms with E-state index in [0.29, 0.717) is 36.6 Å². The Morgan fingerprint density at radius 1 is 0.794 bits per heavy atom. The number of para-hydroxylation sites is 1. The van der Waals surface area contributed by atoms with Gasteiger partial charge >= 0.3 is 0 Å². The van der Waals surface area contributed by atoms with Crippen molar-refractivity contribution in [1.29, 1.82) is 0 Å². The summed E-state index contributed by atoms with van der Waals surface area (Å²) in [6.45, 7) is 9.29. The number of benzene rings is 2. The third-order valence-electron chi connectivity index (χ3n) is 5.84. The zero-order valence-electron chi connectivity index (χ0n) is 20.9. The molecule has 0 unspecified atom stereocenters. The van der Waals surface area contributed by atoms with E-state index in [4.69, 9.17) is 19.4 Å². The van der Waals surface area contributed by atoms with Gasteiger partial charge in [-0.1, -0.05) is 76.2 Å². The van der Waals surface area contributed by atoms with Crippen LogP contribution in [0, 0.1) is 11.8 Å². The fourth-order valence-electron chi connectivity index (χ4n) is 4.32. The molecule has 5 nitrogen and oxygen atoms in total. The Balaban J connectivity index is 1.74. The van der Waals surface area contributed by atoms with Crippen molar-refractivity contribution in [2.75, 3.05) is 7.11 Å². The molecule has 0 bridgehead atoms. The summed E-state index contributed by atoms with van der Waals surface area (Å²) in [7, 11) is 1.67. The van der Waals surface area contributed by atoms with Crippen LogP contribution in [0.4, 0.5) is 0 Å². The Hall–Kier alpha value is -3.34. The van der Waals surface area contributed by atoms with Crippen LogP contribution in [0.5, 0.6) is 11.8 Å². The molecule has 178 valence electrons. The van der Waals surface area contributed by atoms with Crippen LogP contribution in [0.2, 0.25) is 0 Å². The largest absolute Gasteiger partial charge is 0.480 e. The van der Waals surface area contributed by atoms with E-state index in [-0.39, 0.29) is 0 Å².